The summed E-state index contributed by atoms with van der Waals surface area (Å²) in [5.74, 6) is 1.15. The van der Waals surface area contributed by atoms with E-state index in [2.05, 4.69) is 21.2 Å². The molecule has 0 saturated heterocycles. The second-order valence-electron chi connectivity index (χ2n) is 6.19. The highest BCUT2D eigenvalue weighted by atomic mass is 79.9. The molecule has 0 fully saturated rings. The molecular formula is C22H19BrClNO3. The summed E-state index contributed by atoms with van der Waals surface area (Å²) >= 11 is 9.45. The molecule has 1 N–H and O–H groups in total. The highest BCUT2D eigenvalue weighted by Gasteiger charge is 2.12. The summed E-state index contributed by atoms with van der Waals surface area (Å²) in [6.45, 7) is 2.19. The number of amides is 1. The first-order valence-electron chi connectivity index (χ1n) is 8.59. The van der Waals surface area contributed by atoms with Gasteiger partial charge in [0.15, 0.2) is 0 Å². The molecule has 0 spiro atoms. The third kappa shape index (κ3) is 5.06. The molecule has 0 aliphatic rings. The standard InChI is InChI=1S/C22H19BrClNO3/c1-14-10-19(7-8-20(14)24)28-13-16-11-15(6-9-21(16)27-2)22(26)25-18-5-3-4-17(23)12-18/h3-12H,13H2,1-2H3,(H,25,26). The van der Waals surface area contributed by atoms with E-state index in [9.17, 15) is 4.79 Å². The van der Waals surface area contributed by atoms with Gasteiger partial charge in [-0.3, -0.25) is 4.79 Å². The number of anilines is 1. The summed E-state index contributed by atoms with van der Waals surface area (Å²) in [5, 5.41) is 3.58. The predicted molar refractivity (Wildman–Crippen MR) is 116 cm³/mol. The molecule has 0 bridgehead atoms. The first-order valence-corrected chi connectivity index (χ1v) is 9.76. The smallest absolute Gasteiger partial charge is 0.255 e. The van der Waals surface area contributed by atoms with Crippen molar-refractivity contribution < 1.29 is 14.3 Å². The minimum Gasteiger partial charge on any atom is -0.496 e. The Balaban J connectivity index is 1.77. The van der Waals surface area contributed by atoms with Crippen molar-refractivity contribution in [2.24, 2.45) is 0 Å². The average molecular weight is 461 g/mol. The minimum atomic E-state index is -0.204. The van der Waals surface area contributed by atoms with Crippen LogP contribution < -0.4 is 14.8 Å². The summed E-state index contributed by atoms with van der Waals surface area (Å²) in [5.41, 5.74) is 2.95. The monoisotopic (exact) mass is 459 g/mol. The number of rotatable bonds is 6. The lowest BCUT2D eigenvalue weighted by Gasteiger charge is -2.13. The number of ether oxygens (including phenoxy) is 2. The molecule has 6 heteroatoms. The van der Waals surface area contributed by atoms with Crippen LogP contribution in [0.2, 0.25) is 5.02 Å². The zero-order chi connectivity index (χ0) is 20.1. The highest BCUT2D eigenvalue weighted by molar-refractivity contribution is 9.10. The molecule has 28 heavy (non-hydrogen) atoms. The molecule has 144 valence electrons. The van der Waals surface area contributed by atoms with E-state index in [1.54, 1.807) is 31.4 Å². The molecule has 3 rings (SSSR count). The van der Waals surface area contributed by atoms with Crippen LogP contribution in [0.5, 0.6) is 11.5 Å². The maximum Gasteiger partial charge on any atom is 0.255 e. The molecule has 0 atom stereocenters. The molecule has 0 unspecified atom stereocenters. The third-order valence-electron chi connectivity index (χ3n) is 4.15. The molecular weight excluding hydrogens is 442 g/mol. The number of aryl methyl sites for hydroxylation is 1. The van der Waals surface area contributed by atoms with E-state index in [0.717, 1.165) is 15.6 Å². The van der Waals surface area contributed by atoms with Gasteiger partial charge in [-0.2, -0.15) is 0 Å². The van der Waals surface area contributed by atoms with Crippen molar-refractivity contribution in [1.82, 2.24) is 0 Å². The van der Waals surface area contributed by atoms with E-state index in [-0.39, 0.29) is 12.5 Å². The SMILES string of the molecule is COc1ccc(C(=O)Nc2cccc(Br)c2)cc1COc1ccc(Cl)c(C)c1. The number of hydrogen-bond acceptors (Lipinski definition) is 3. The molecule has 0 heterocycles. The van der Waals surface area contributed by atoms with E-state index in [4.69, 9.17) is 21.1 Å². The Bertz CT molecular complexity index is 1010. The summed E-state index contributed by atoms with van der Waals surface area (Å²) in [4.78, 5) is 12.6. The second kappa shape index (κ2) is 9.13. The zero-order valence-corrected chi connectivity index (χ0v) is 17.8. The van der Waals surface area contributed by atoms with Crippen LogP contribution in [-0.4, -0.2) is 13.0 Å². The topological polar surface area (TPSA) is 47.6 Å². The van der Waals surface area contributed by atoms with E-state index < -0.39 is 0 Å². The Hall–Kier alpha value is -2.50. The lowest BCUT2D eigenvalue weighted by molar-refractivity contribution is 0.102. The van der Waals surface area contributed by atoms with Crippen molar-refractivity contribution in [3.05, 3.63) is 86.8 Å². The second-order valence-corrected chi connectivity index (χ2v) is 7.51. The molecule has 4 nitrogen and oxygen atoms in total. The average Bonchev–Trinajstić information content (AvgIpc) is 2.68. The van der Waals surface area contributed by atoms with E-state index >= 15 is 0 Å². The van der Waals surface area contributed by atoms with Crippen molar-refractivity contribution in [3.8, 4) is 11.5 Å². The number of methoxy groups -OCH3 is 1. The van der Waals surface area contributed by atoms with Crippen molar-refractivity contribution in [1.29, 1.82) is 0 Å². The van der Waals surface area contributed by atoms with Crippen molar-refractivity contribution in [2.75, 3.05) is 12.4 Å². The summed E-state index contributed by atoms with van der Waals surface area (Å²) in [7, 11) is 1.59. The van der Waals surface area contributed by atoms with Gasteiger partial charge in [0, 0.05) is 26.3 Å². The molecule has 0 aromatic heterocycles. The van der Waals surface area contributed by atoms with Crippen LogP contribution in [0.4, 0.5) is 5.69 Å². The molecule has 1 amide bonds. The Morgan fingerprint density at radius 2 is 1.93 bits per heavy atom. The highest BCUT2D eigenvalue weighted by Crippen LogP contribution is 2.25. The molecule has 3 aromatic carbocycles. The van der Waals surface area contributed by atoms with Crippen molar-refractivity contribution >= 4 is 39.1 Å². The van der Waals surface area contributed by atoms with Gasteiger partial charge in [-0.1, -0.05) is 33.6 Å². The van der Waals surface area contributed by atoms with Crippen LogP contribution in [0, 0.1) is 6.92 Å². The summed E-state index contributed by atoms with van der Waals surface area (Å²) < 4.78 is 12.2. The van der Waals surface area contributed by atoms with E-state index in [1.165, 1.54) is 0 Å². The minimum absolute atomic E-state index is 0.204. The Labute approximate surface area is 177 Å². The third-order valence-corrected chi connectivity index (χ3v) is 5.07. The van der Waals surface area contributed by atoms with Gasteiger partial charge in [-0.25, -0.2) is 0 Å². The molecule has 0 aliphatic carbocycles. The Morgan fingerprint density at radius 3 is 2.64 bits per heavy atom. The van der Waals surface area contributed by atoms with Crippen LogP contribution in [0.1, 0.15) is 21.5 Å². The van der Waals surface area contributed by atoms with Crippen LogP contribution in [0.15, 0.2) is 65.1 Å². The van der Waals surface area contributed by atoms with Crippen molar-refractivity contribution in [3.63, 3.8) is 0 Å². The fourth-order valence-electron chi connectivity index (χ4n) is 2.67. The number of halogens is 2. The fraction of sp³-hybridized carbons (Fsp3) is 0.136. The molecule has 3 aromatic rings. The maximum absolute atomic E-state index is 12.6. The van der Waals surface area contributed by atoms with Gasteiger partial charge >= 0.3 is 0 Å². The number of carbonyl (C=O) groups excluding carboxylic acids is 1. The lowest BCUT2D eigenvalue weighted by Crippen LogP contribution is -2.12. The first kappa shape index (κ1) is 20.2. The Kier molecular flexibility index (Phi) is 6.60. The maximum atomic E-state index is 12.6. The fourth-order valence-corrected chi connectivity index (χ4v) is 3.19. The normalized spacial score (nSPS) is 10.4. The lowest BCUT2D eigenvalue weighted by atomic mass is 10.1. The van der Waals surface area contributed by atoms with Gasteiger partial charge in [0.2, 0.25) is 0 Å². The first-order chi connectivity index (χ1) is 13.5. The van der Waals surface area contributed by atoms with Gasteiger partial charge in [-0.15, -0.1) is 0 Å². The van der Waals surface area contributed by atoms with Gasteiger partial charge < -0.3 is 14.8 Å². The number of benzene rings is 3. The van der Waals surface area contributed by atoms with Crippen molar-refractivity contribution in [2.45, 2.75) is 13.5 Å². The summed E-state index contributed by atoms with van der Waals surface area (Å²) in [6.07, 6.45) is 0. The largest absolute Gasteiger partial charge is 0.496 e. The Morgan fingerprint density at radius 1 is 1.11 bits per heavy atom. The number of nitrogens with one attached hydrogen (secondary N) is 1. The van der Waals surface area contributed by atoms with E-state index in [1.807, 2.05) is 43.3 Å². The quantitative estimate of drug-likeness (QED) is 0.473. The van der Waals surface area contributed by atoms with Gasteiger partial charge in [0.25, 0.3) is 5.91 Å². The zero-order valence-electron chi connectivity index (χ0n) is 15.5. The number of hydrogen-bond donors (Lipinski definition) is 1. The van der Waals surface area contributed by atoms with E-state index in [0.29, 0.717) is 27.8 Å². The molecule has 0 aliphatic heterocycles. The van der Waals surface area contributed by atoms with Crippen LogP contribution in [0.25, 0.3) is 0 Å². The molecule has 0 saturated carbocycles. The van der Waals surface area contributed by atoms with Gasteiger partial charge in [-0.05, 0) is 67.1 Å². The van der Waals surface area contributed by atoms with Crippen LogP contribution in [-0.2, 0) is 6.61 Å². The van der Waals surface area contributed by atoms with Gasteiger partial charge in [0.05, 0.1) is 7.11 Å². The van der Waals surface area contributed by atoms with Crippen LogP contribution >= 0.6 is 27.5 Å². The predicted octanol–water partition coefficient (Wildman–Crippen LogP) is 6.25. The van der Waals surface area contributed by atoms with Gasteiger partial charge in [0.1, 0.15) is 18.1 Å². The molecule has 0 radical (unpaired) electrons. The van der Waals surface area contributed by atoms with Crippen LogP contribution in [0.3, 0.4) is 0 Å². The summed E-state index contributed by atoms with van der Waals surface area (Å²) in [6, 6.07) is 18.2. The number of carbonyl (C=O) groups is 1.